The molecule has 0 aromatic heterocycles. The fourth-order valence-corrected chi connectivity index (χ4v) is 0. The third-order valence-corrected chi connectivity index (χ3v) is 1.42. The molecule has 1 nitrogen and oxygen atoms in total. The van der Waals surface area contributed by atoms with E-state index in [0.29, 0.717) is 0 Å². The standard InChI is InChI=1S/C3H9NP/c1-3-5(2)4/h4H,3H2,1-2H3/q+1. The third kappa shape index (κ3) is 4.10. The van der Waals surface area contributed by atoms with Gasteiger partial charge in [0.15, 0.2) is 7.71 Å². The molecule has 0 saturated carbocycles. The SMILES string of the molecule is CC[P+](C)=N. The molecule has 2 heteroatoms. The van der Waals surface area contributed by atoms with Gasteiger partial charge in [0.25, 0.3) is 0 Å². The highest BCUT2D eigenvalue weighted by Crippen LogP contribution is 2.10. The maximum absolute atomic E-state index is 6.89. The lowest BCUT2D eigenvalue weighted by molar-refractivity contribution is 1.46. The molecule has 0 aliphatic carbocycles. The highest BCUT2D eigenvalue weighted by Gasteiger charge is 1.86. The summed E-state index contributed by atoms with van der Waals surface area (Å²) >= 11 is 0. The van der Waals surface area contributed by atoms with Gasteiger partial charge in [0.2, 0.25) is 0 Å². The Bertz CT molecular complexity index is 42.2. The number of hydrogen-bond acceptors (Lipinski definition) is 1. The minimum absolute atomic E-state index is 0.348. The first-order valence-corrected chi connectivity index (χ1v) is 3.67. The molecular weight excluding hydrogens is 81.0 g/mol. The molecule has 0 fully saturated rings. The number of nitrogens with one attached hydrogen (secondary N) is 1. The molecule has 0 spiro atoms. The van der Waals surface area contributed by atoms with Gasteiger partial charge in [-0.1, -0.05) is 0 Å². The van der Waals surface area contributed by atoms with Crippen molar-refractivity contribution in [2.75, 3.05) is 12.8 Å². The summed E-state index contributed by atoms with van der Waals surface area (Å²) in [7, 11) is -0.348. The molecule has 0 rings (SSSR count). The van der Waals surface area contributed by atoms with Crippen LogP contribution >= 0.6 is 7.71 Å². The van der Waals surface area contributed by atoms with Crippen molar-refractivity contribution in [3.63, 3.8) is 0 Å². The van der Waals surface area contributed by atoms with Crippen molar-refractivity contribution in [1.29, 1.82) is 5.16 Å². The van der Waals surface area contributed by atoms with E-state index < -0.39 is 0 Å². The fraction of sp³-hybridized carbons (Fsp3) is 1.00. The van der Waals surface area contributed by atoms with Gasteiger partial charge in [-0.05, 0) is 6.92 Å². The molecule has 0 amide bonds. The molecule has 0 aliphatic heterocycles. The quantitative estimate of drug-likeness (QED) is 0.475. The Labute approximate surface area is 33.7 Å². The highest BCUT2D eigenvalue weighted by atomic mass is 31.1. The van der Waals surface area contributed by atoms with Crippen molar-refractivity contribution in [2.45, 2.75) is 6.92 Å². The largest absolute Gasteiger partial charge is 0.192 e. The van der Waals surface area contributed by atoms with Gasteiger partial charge in [-0.2, -0.15) is 0 Å². The molecule has 0 aromatic rings. The zero-order valence-electron chi connectivity index (χ0n) is 3.65. The van der Waals surface area contributed by atoms with E-state index in [1.54, 1.807) is 0 Å². The van der Waals surface area contributed by atoms with Crippen LogP contribution < -0.4 is 0 Å². The van der Waals surface area contributed by atoms with E-state index in [9.17, 15) is 0 Å². The molecule has 0 saturated heterocycles. The van der Waals surface area contributed by atoms with Gasteiger partial charge in [-0.3, -0.25) is 0 Å². The summed E-state index contributed by atoms with van der Waals surface area (Å²) in [5.74, 6) is 0. The van der Waals surface area contributed by atoms with Gasteiger partial charge < -0.3 is 0 Å². The first kappa shape index (κ1) is 5.10. The molecular formula is C3H9NP+. The van der Waals surface area contributed by atoms with E-state index in [-0.39, 0.29) is 7.71 Å². The second kappa shape index (κ2) is 2.34. The van der Waals surface area contributed by atoms with Crippen molar-refractivity contribution in [3.05, 3.63) is 0 Å². The molecule has 1 unspecified atom stereocenters. The van der Waals surface area contributed by atoms with Crippen molar-refractivity contribution in [1.82, 2.24) is 0 Å². The molecule has 1 atom stereocenters. The second-order valence-corrected chi connectivity index (χ2v) is 3.04. The maximum Gasteiger partial charge on any atom is 0.192 e. The zero-order valence-corrected chi connectivity index (χ0v) is 4.55. The van der Waals surface area contributed by atoms with E-state index in [0.717, 1.165) is 6.16 Å². The average molecular weight is 90.1 g/mol. The summed E-state index contributed by atoms with van der Waals surface area (Å²) in [4.78, 5) is 0. The lowest BCUT2D eigenvalue weighted by atomic mass is 11.0. The highest BCUT2D eigenvalue weighted by molar-refractivity contribution is 7.44. The summed E-state index contributed by atoms with van der Waals surface area (Å²) in [6, 6.07) is 0. The van der Waals surface area contributed by atoms with Gasteiger partial charge in [-0.25, -0.2) is 0 Å². The summed E-state index contributed by atoms with van der Waals surface area (Å²) in [6.45, 7) is 3.99. The monoisotopic (exact) mass is 90.0 g/mol. The van der Waals surface area contributed by atoms with Crippen LogP contribution in [0.2, 0.25) is 0 Å². The first-order valence-electron chi connectivity index (χ1n) is 1.69. The van der Waals surface area contributed by atoms with Crippen LogP contribution in [-0.4, -0.2) is 12.8 Å². The zero-order chi connectivity index (χ0) is 4.28. The van der Waals surface area contributed by atoms with Crippen molar-refractivity contribution >= 4 is 7.71 Å². The summed E-state index contributed by atoms with van der Waals surface area (Å²) in [5, 5.41) is 6.89. The molecule has 0 radical (unpaired) electrons. The Morgan fingerprint density at radius 1 is 1.80 bits per heavy atom. The average Bonchev–Trinajstić information content (AvgIpc) is 1.38. The molecule has 5 heavy (non-hydrogen) atoms. The fourth-order valence-electron chi connectivity index (χ4n) is 0. The van der Waals surface area contributed by atoms with Crippen molar-refractivity contribution < 1.29 is 0 Å². The van der Waals surface area contributed by atoms with Crippen molar-refractivity contribution in [2.24, 2.45) is 0 Å². The maximum atomic E-state index is 6.89. The van der Waals surface area contributed by atoms with E-state index in [1.807, 2.05) is 13.6 Å². The molecule has 1 N–H and O–H groups in total. The molecule has 0 heterocycles. The van der Waals surface area contributed by atoms with Crippen LogP contribution in [0.1, 0.15) is 6.92 Å². The molecule has 30 valence electrons. The van der Waals surface area contributed by atoms with Gasteiger partial charge in [0.05, 0.1) is 0 Å². The number of rotatable bonds is 1. The van der Waals surface area contributed by atoms with Crippen LogP contribution in [0.5, 0.6) is 0 Å². The molecule has 0 bridgehead atoms. The number of hydrogen-bond donors (Lipinski definition) is 1. The van der Waals surface area contributed by atoms with Crippen LogP contribution in [0.4, 0.5) is 0 Å². The van der Waals surface area contributed by atoms with Crippen LogP contribution in [0.15, 0.2) is 0 Å². The molecule has 0 aliphatic rings. The Morgan fingerprint density at radius 3 is 2.00 bits per heavy atom. The normalized spacial score (nSPS) is 11.2. The topological polar surface area (TPSA) is 23.9 Å². The van der Waals surface area contributed by atoms with Gasteiger partial charge in [0.1, 0.15) is 12.8 Å². The minimum atomic E-state index is -0.348. The van der Waals surface area contributed by atoms with Crippen LogP contribution in [0.25, 0.3) is 0 Å². The van der Waals surface area contributed by atoms with Gasteiger partial charge >= 0.3 is 0 Å². The van der Waals surface area contributed by atoms with Crippen molar-refractivity contribution in [3.8, 4) is 0 Å². The van der Waals surface area contributed by atoms with Gasteiger partial charge in [-0.15, -0.1) is 5.16 Å². The Balaban J connectivity index is 2.85. The summed E-state index contributed by atoms with van der Waals surface area (Å²) < 4.78 is 0. The lowest BCUT2D eigenvalue weighted by Crippen LogP contribution is -1.54. The molecule has 0 aromatic carbocycles. The smallest absolute Gasteiger partial charge is 0.125 e. The van der Waals surface area contributed by atoms with Gasteiger partial charge in [0, 0.05) is 0 Å². The lowest BCUT2D eigenvalue weighted by Gasteiger charge is -1.62. The van der Waals surface area contributed by atoms with E-state index in [1.165, 1.54) is 0 Å². The predicted octanol–water partition coefficient (Wildman–Crippen LogP) is 1.88. The minimum Gasteiger partial charge on any atom is -0.125 e. The Hall–Kier alpha value is 0.100. The van der Waals surface area contributed by atoms with E-state index >= 15 is 0 Å². The summed E-state index contributed by atoms with van der Waals surface area (Å²) in [6.07, 6.45) is 1.04. The Kier molecular flexibility index (Phi) is 2.39. The van der Waals surface area contributed by atoms with E-state index in [4.69, 9.17) is 5.16 Å². The summed E-state index contributed by atoms with van der Waals surface area (Å²) in [5.41, 5.74) is 0. The van der Waals surface area contributed by atoms with Crippen LogP contribution in [0, 0.1) is 5.16 Å². The van der Waals surface area contributed by atoms with Crippen LogP contribution in [-0.2, 0) is 0 Å². The second-order valence-electron chi connectivity index (χ2n) is 1.01. The van der Waals surface area contributed by atoms with E-state index in [2.05, 4.69) is 0 Å². The Morgan fingerprint density at radius 2 is 2.00 bits per heavy atom. The van der Waals surface area contributed by atoms with Crippen LogP contribution in [0.3, 0.4) is 0 Å². The predicted molar refractivity (Wildman–Crippen MR) is 26.1 cm³/mol. The first-order chi connectivity index (χ1) is 2.27. The third-order valence-electron chi connectivity index (χ3n) is 0.474.